The number of primary amides is 1. The number of amides is 1. The van der Waals surface area contributed by atoms with Crippen LogP contribution in [0.1, 0.15) is 37.0 Å². The molecule has 0 saturated heterocycles. The molecular formula is C14H17NO3. The van der Waals surface area contributed by atoms with E-state index in [0.717, 1.165) is 11.1 Å². The number of hydrogen-bond donors (Lipinski definition) is 2. The van der Waals surface area contributed by atoms with Gasteiger partial charge in [-0.25, -0.2) is 4.79 Å². The second kappa shape index (κ2) is 7.36. The van der Waals surface area contributed by atoms with E-state index in [1.807, 2.05) is 24.3 Å². The van der Waals surface area contributed by atoms with Gasteiger partial charge in [0, 0.05) is 18.6 Å². The summed E-state index contributed by atoms with van der Waals surface area (Å²) in [6.45, 7) is 1.90. The average Bonchev–Trinajstić information content (AvgIpc) is 2.34. The number of benzene rings is 1. The molecule has 4 nitrogen and oxygen atoms in total. The van der Waals surface area contributed by atoms with Crippen molar-refractivity contribution < 1.29 is 14.6 Å². The smallest absolute Gasteiger partial charge is 0.405 e. The minimum atomic E-state index is -0.790. The normalized spacial score (nSPS) is 11.2. The van der Waals surface area contributed by atoms with E-state index in [-0.39, 0.29) is 12.7 Å². The average molecular weight is 247 g/mol. The van der Waals surface area contributed by atoms with Crippen LogP contribution in [0.15, 0.2) is 24.3 Å². The van der Waals surface area contributed by atoms with E-state index in [1.54, 1.807) is 6.92 Å². The minimum absolute atomic E-state index is 0.151. The van der Waals surface area contributed by atoms with Crippen LogP contribution in [0.2, 0.25) is 0 Å². The molecule has 0 aromatic heterocycles. The summed E-state index contributed by atoms with van der Waals surface area (Å²) in [4.78, 5) is 10.7. The summed E-state index contributed by atoms with van der Waals surface area (Å²) < 4.78 is 4.89. The topological polar surface area (TPSA) is 72.5 Å². The van der Waals surface area contributed by atoms with Crippen LogP contribution in [-0.4, -0.2) is 17.8 Å². The molecule has 1 unspecified atom stereocenters. The van der Waals surface area contributed by atoms with Crippen LogP contribution in [-0.2, 0) is 4.74 Å². The van der Waals surface area contributed by atoms with Crippen molar-refractivity contribution in [1.82, 2.24) is 0 Å². The molecular weight excluding hydrogens is 230 g/mol. The molecule has 0 spiro atoms. The van der Waals surface area contributed by atoms with Crippen molar-refractivity contribution in [3.05, 3.63) is 35.4 Å². The first-order valence-corrected chi connectivity index (χ1v) is 5.79. The van der Waals surface area contributed by atoms with Crippen LogP contribution >= 0.6 is 0 Å². The lowest BCUT2D eigenvalue weighted by atomic mass is 10.1. The van der Waals surface area contributed by atoms with E-state index < -0.39 is 6.09 Å². The molecule has 1 aromatic rings. The molecule has 1 atom stereocenters. The van der Waals surface area contributed by atoms with Crippen LogP contribution < -0.4 is 5.73 Å². The zero-order valence-corrected chi connectivity index (χ0v) is 10.3. The summed E-state index contributed by atoms with van der Waals surface area (Å²) in [5.41, 5.74) is 6.67. The largest absolute Gasteiger partial charge is 0.442 e. The second-order valence-corrected chi connectivity index (χ2v) is 3.83. The summed E-state index contributed by atoms with van der Waals surface area (Å²) in [5.74, 6) is 5.96. The van der Waals surface area contributed by atoms with Gasteiger partial charge < -0.3 is 15.6 Å². The number of carbonyl (C=O) groups is 1. The fourth-order valence-corrected chi connectivity index (χ4v) is 1.44. The van der Waals surface area contributed by atoms with Crippen LogP contribution in [0.25, 0.3) is 0 Å². The summed E-state index contributed by atoms with van der Waals surface area (Å²) in [5, 5.41) is 8.64. The zero-order valence-electron chi connectivity index (χ0n) is 10.3. The van der Waals surface area contributed by atoms with Gasteiger partial charge in [-0.15, -0.1) is 0 Å². The van der Waals surface area contributed by atoms with E-state index in [1.165, 1.54) is 0 Å². The molecule has 1 amide bonds. The highest BCUT2D eigenvalue weighted by molar-refractivity contribution is 5.65. The van der Waals surface area contributed by atoms with E-state index in [4.69, 9.17) is 15.6 Å². The lowest BCUT2D eigenvalue weighted by Gasteiger charge is -2.11. The van der Waals surface area contributed by atoms with E-state index in [9.17, 15) is 4.79 Å². The summed E-state index contributed by atoms with van der Waals surface area (Å²) >= 11 is 0. The van der Waals surface area contributed by atoms with Crippen LogP contribution in [0.5, 0.6) is 0 Å². The zero-order chi connectivity index (χ0) is 13.4. The standard InChI is InChI=1S/C14H17NO3/c1-11(18-14(15)17)13-8-5-7-12(10-13)6-3-2-4-9-16/h5,7-8,10-11,16H,2,4,9H2,1H3,(H2,15,17). The lowest BCUT2D eigenvalue weighted by Crippen LogP contribution is -2.15. The predicted molar refractivity (Wildman–Crippen MR) is 68.7 cm³/mol. The van der Waals surface area contributed by atoms with Gasteiger partial charge in [0.25, 0.3) is 0 Å². The molecule has 4 heteroatoms. The molecule has 0 aliphatic carbocycles. The highest BCUT2D eigenvalue weighted by Gasteiger charge is 2.08. The van der Waals surface area contributed by atoms with Crippen molar-refractivity contribution >= 4 is 6.09 Å². The maximum Gasteiger partial charge on any atom is 0.405 e. The molecule has 1 rings (SSSR count). The number of aliphatic hydroxyl groups excluding tert-OH is 1. The number of hydrogen-bond acceptors (Lipinski definition) is 3. The van der Waals surface area contributed by atoms with Gasteiger partial charge in [0.05, 0.1) is 0 Å². The second-order valence-electron chi connectivity index (χ2n) is 3.83. The van der Waals surface area contributed by atoms with Crippen molar-refractivity contribution in [1.29, 1.82) is 0 Å². The summed E-state index contributed by atoms with van der Waals surface area (Å²) in [7, 11) is 0. The maximum atomic E-state index is 10.7. The van der Waals surface area contributed by atoms with Crippen molar-refractivity contribution in [2.45, 2.75) is 25.9 Å². The predicted octanol–water partition coefficient (Wildman–Crippen LogP) is 1.97. The Kier molecular flexibility index (Phi) is 5.75. The number of carbonyl (C=O) groups excluding carboxylic acids is 1. The van der Waals surface area contributed by atoms with Crippen molar-refractivity contribution in [2.24, 2.45) is 5.73 Å². The Hall–Kier alpha value is -1.99. The Morgan fingerprint density at radius 3 is 3.00 bits per heavy atom. The van der Waals surface area contributed by atoms with Gasteiger partial charge in [-0.1, -0.05) is 24.0 Å². The van der Waals surface area contributed by atoms with Gasteiger partial charge in [0.2, 0.25) is 0 Å². The van der Waals surface area contributed by atoms with Crippen LogP contribution in [0.4, 0.5) is 4.79 Å². The molecule has 0 radical (unpaired) electrons. The van der Waals surface area contributed by atoms with Gasteiger partial charge in [-0.05, 0) is 31.0 Å². The molecule has 0 fully saturated rings. The fourth-order valence-electron chi connectivity index (χ4n) is 1.44. The van der Waals surface area contributed by atoms with Gasteiger partial charge in [0.1, 0.15) is 6.10 Å². The van der Waals surface area contributed by atoms with Gasteiger partial charge >= 0.3 is 6.09 Å². The fraction of sp³-hybridized carbons (Fsp3) is 0.357. The lowest BCUT2D eigenvalue weighted by molar-refractivity contribution is 0.116. The monoisotopic (exact) mass is 247 g/mol. The van der Waals surface area contributed by atoms with Gasteiger partial charge in [0.15, 0.2) is 0 Å². The number of unbranched alkanes of at least 4 members (excludes halogenated alkanes) is 1. The number of rotatable bonds is 4. The Balaban J connectivity index is 2.71. The maximum absolute atomic E-state index is 10.7. The molecule has 96 valence electrons. The van der Waals surface area contributed by atoms with Gasteiger partial charge in [-0.2, -0.15) is 0 Å². The van der Waals surface area contributed by atoms with Crippen molar-refractivity contribution in [3.8, 4) is 11.8 Å². The van der Waals surface area contributed by atoms with E-state index in [2.05, 4.69) is 11.8 Å². The molecule has 0 bridgehead atoms. The minimum Gasteiger partial charge on any atom is -0.442 e. The third-order valence-electron chi connectivity index (χ3n) is 2.34. The highest BCUT2D eigenvalue weighted by atomic mass is 16.6. The van der Waals surface area contributed by atoms with Crippen LogP contribution in [0, 0.1) is 11.8 Å². The van der Waals surface area contributed by atoms with Gasteiger partial charge in [-0.3, -0.25) is 0 Å². The first kappa shape index (κ1) is 14.1. The molecule has 18 heavy (non-hydrogen) atoms. The molecule has 3 N–H and O–H groups in total. The highest BCUT2D eigenvalue weighted by Crippen LogP contribution is 2.17. The SMILES string of the molecule is CC(OC(N)=O)c1cccc(C#CCCCO)c1. The van der Waals surface area contributed by atoms with Crippen molar-refractivity contribution in [3.63, 3.8) is 0 Å². The summed E-state index contributed by atoms with van der Waals surface area (Å²) in [6.07, 6.45) is 0.158. The molecule has 0 aliphatic heterocycles. The summed E-state index contributed by atoms with van der Waals surface area (Å²) in [6, 6.07) is 7.45. The number of nitrogens with two attached hydrogens (primary N) is 1. The Bertz CT molecular complexity index is 460. The number of ether oxygens (including phenoxy) is 1. The molecule has 0 aliphatic rings. The third-order valence-corrected chi connectivity index (χ3v) is 2.34. The van der Waals surface area contributed by atoms with Crippen LogP contribution in [0.3, 0.4) is 0 Å². The first-order chi connectivity index (χ1) is 8.63. The first-order valence-electron chi connectivity index (χ1n) is 5.79. The Labute approximate surface area is 107 Å². The molecule has 0 saturated carbocycles. The van der Waals surface area contributed by atoms with Crippen molar-refractivity contribution in [2.75, 3.05) is 6.61 Å². The van der Waals surface area contributed by atoms with E-state index in [0.29, 0.717) is 12.8 Å². The number of aliphatic hydroxyl groups is 1. The third kappa shape index (κ3) is 4.89. The molecule has 1 aromatic carbocycles. The Morgan fingerprint density at radius 1 is 1.56 bits per heavy atom. The quantitative estimate of drug-likeness (QED) is 0.631. The molecule has 0 heterocycles. The Morgan fingerprint density at radius 2 is 2.33 bits per heavy atom. The van der Waals surface area contributed by atoms with E-state index >= 15 is 0 Å².